The smallest absolute Gasteiger partial charge is 0.325 e. The van der Waals surface area contributed by atoms with Crippen molar-refractivity contribution in [1.29, 1.82) is 0 Å². The van der Waals surface area contributed by atoms with Crippen LogP contribution >= 0.6 is 11.3 Å². The topological polar surface area (TPSA) is 79.1 Å². The van der Waals surface area contributed by atoms with E-state index in [0.29, 0.717) is 21.7 Å². The zero-order chi connectivity index (χ0) is 20.4. The summed E-state index contributed by atoms with van der Waals surface area (Å²) >= 11 is 1.11. The molecule has 29 heavy (non-hydrogen) atoms. The van der Waals surface area contributed by atoms with Crippen LogP contribution in [0.15, 0.2) is 47.5 Å². The van der Waals surface area contributed by atoms with Gasteiger partial charge in [-0.15, -0.1) is 0 Å². The summed E-state index contributed by atoms with van der Waals surface area (Å²) in [5.74, 6) is -0.171. The maximum atomic E-state index is 13.5. The SMILES string of the molecule is COC(=O)Cn1c(=NC(=O)/C=C\c2ccc3c(c2)OCO3)sc2cc(F)ccc21. The number of carbonyl (C=O) groups excluding carboxylic acids is 2. The standard InChI is InChI=1S/C20H15FN2O5S/c1-26-19(25)10-23-14-5-4-13(21)9-17(14)29-20(23)22-18(24)7-3-12-2-6-15-16(8-12)28-11-27-15/h2-9H,10-11H2,1H3/b7-3-,22-20?. The number of esters is 1. The van der Waals surface area contributed by atoms with Crippen molar-refractivity contribution in [2.45, 2.75) is 6.54 Å². The monoisotopic (exact) mass is 414 g/mol. The second kappa shape index (κ2) is 7.88. The molecule has 3 aromatic rings. The molecule has 1 amide bonds. The summed E-state index contributed by atoms with van der Waals surface area (Å²) in [5, 5.41) is 0. The van der Waals surface area contributed by atoms with Gasteiger partial charge >= 0.3 is 5.97 Å². The number of hydrogen-bond acceptors (Lipinski definition) is 6. The minimum atomic E-state index is -0.520. The molecule has 4 rings (SSSR count). The summed E-state index contributed by atoms with van der Waals surface area (Å²) in [6.45, 7) is 0.0314. The van der Waals surface area contributed by atoms with Crippen LogP contribution in [0.1, 0.15) is 5.56 Å². The molecule has 9 heteroatoms. The highest BCUT2D eigenvalue weighted by Gasteiger charge is 2.13. The third-order valence-electron chi connectivity index (χ3n) is 4.18. The molecule has 148 valence electrons. The summed E-state index contributed by atoms with van der Waals surface area (Å²) in [6, 6.07) is 9.46. The number of halogens is 1. The lowest BCUT2D eigenvalue weighted by Gasteiger charge is -2.03. The van der Waals surface area contributed by atoms with E-state index in [1.807, 2.05) is 0 Å². The Morgan fingerprint density at radius 2 is 2.07 bits per heavy atom. The Balaban J connectivity index is 1.66. The predicted molar refractivity (Wildman–Crippen MR) is 104 cm³/mol. The highest BCUT2D eigenvalue weighted by atomic mass is 32.1. The van der Waals surface area contributed by atoms with Crippen molar-refractivity contribution in [3.63, 3.8) is 0 Å². The van der Waals surface area contributed by atoms with Crippen LogP contribution in [-0.4, -0.2) is 30.3 Å². The predicted octanol–water partition coefficient (Wildman–Crippen LogP) is 2.88. The van der Waals surface area contributed by atoms with Crippen molar-refractivity contribution < 1.29 is 28.2 Å². The molecule has 0 spiro atoms. The number of fused-ring (bicyclic) bond motifs is 2. The second-order valence-electron chi connectivity index (χ2n) is 6.06. The molecule has 1 aliphatic rings. The van der Waals surface area contributed by atoms with E-state index in [9.17, 15) is 14.0 Å². The maximum absolute atomic E-state index is 13.5. The molecule has 0 aliphatic carbocycles. The van der Waals surface area contributed by atoms with E-state index in [1.54, 1.807) is 24.3 Å². The third kappa shape index (κ3) is 4.04. The number of amides is 1. The fraction of sp³-hybridized carbons (Fsp3) is 0.150. The van der Waals surface area contributed by atoms with Gasteiger partial charge < -0.3 is 18.8 Å². The van der Waals surface area contributed by atoms with E-state index in [-0.39, 0.29) is 18.1 Å². The van der Waals surface area contributed by atoms with E-state index in [2.05, 4.69) is 4.99 Å². The van der Waals surface area contributed by atoms with E-state index < -0.39 is 17.7 Å². The quantitative estimate of drug-likeness (QED) is 0.485. The summed E-state index contributed by atoms with van der Waals surface area (Å²) < 4.78 is 30.9. The Morgan fingerprint density at radius 1 is 1.24 bits per heavy atom. The zero-order valence-electron chi connectivity index (χ0n) is 15.3. The number of nitrogens with zero attached hydrogens (tertiary/aromatic N) is 2. The van der Waals surface area contributed by atoms with Gasteiger partial charge in [-0.2, -0.15) is 4.99 Å². The number of carbonyl (C=O) groups is 2. The van der Waals surface area contributed by atoms with Crippen LogP contribution in [0.25, 0.3) is 16.3 Å². The van der Waals surface area contributed by atoms with Crippen LogP contribution in [0.3, 0.4) is 0 Å². The van der Waals surface area contributed by atoms with E-state index in [1.165, 1.54) is 36.0 Å². The molecular weight excluding hydrogens is 399 g/mol. The van der Waals surface area contributed by atoms with Crippen molar-refractivity contribution >= 4 is 39.5 Å². The lowest BCUT2D eigenvalue weighted by atomic mass is 10.2. The number of benzene rings is 2. The average molecular weight is 414 g/mol. The first kappa shape index (κ1) is 18.9. The van der Waals surface area contributed by atoms with E-state index in [4.69, 9.17) is 14.2 Å². The first-order valence-corrected chi connectivity index (χ1v) is 9.37. The van der Waals surface area contributed by atoms with Crippen molar-refractivity contribution in [2.75, 3.05) is 13.9 Å². The van der Waals surface area contributed by atoms with Gasteiger partial charge in [0.25, 0.3) is 5.91 Å². The summed E-state index contributed by atoms with van der Waals surface area (Å²) in [5.41, 5.74) is 1.34. The highest BCUT2D eigenvalue weighted by Crippen LogP contribution is 2.32. The largest absolute Gasteiger partial charge is 0.468 e. The molecule has 1 aromatic heterocycles. The molecule has 2 heterocycles. The van der Waals surface area contributed by atoms with Crippen molar-refractivity contribution in [3.8, 4) is 11.5 Å². The Morgan fingerprint density at radius 3 is 2.90 bits per heavy atom. The van der Waals surface area contributed by atoms with Gasteiger partial charge in [-0.25, -0.2) is 4.39 Å². The molecule has 0 atom stereocenters. The lowest BCUT2D eigenvalue weighted by molar-refractivity contribution is -0.141. The van der Waals surface area contributed by atoms with Crippen LogP contribution in [0, 0.1) is 5.82 Å². The number of methoxy groups -OCH3 is 1. The fourth-order valence-corrected chi connectivity index (χ4v) is 3.85. The molecule has 0 fully saturated rings. The van der Waals surface area contributed by atoms with Crippen LogP contribution in [-0.2, 0) is 20.9 Å². The summed E-state index contributed by atoms with van der Waals surface area (Å²) in [6.07, 6.45) is 2.91. The Hall–Kier alpha value is -3.46. The number of thiazole rings is 1. The van der Waals surface area contributed by atoms with Crippen LogP contribution in [0.4, 0.5) is 4.39 Å². The molecule has 0 saturated carbocycles. The molecule has 1 aliphatic heterocycles. The minimum Gasteiger partial charge on any atom is -0.468 e. The zero-order valence-corrected chi connectivity index (χ0v) is 16.1. The first-order chi connectivity index (χ1) is 14.0. The van der Waals surface area contributed by atoms with Crippen molar-refractivity contribution in [2.24, 2.45) is 4.99 Å². The van der Waals surface area contributed by atoms with Crippen LogP contribution in [0.5, 0.6) is 11.5 Å². The van der Waals surface area contributed by atoms with Crippen molar-refractivity contribution in [1.82, 2.24) is 4.57 Å². The maximum Gasteiger partial charge on any atom is 0.325 e. The van der Waals surface area contributed by atoms with Crippen LogP contribution in [0.2, 0.25) is 0 Å². The van der Waals surface area contributed by atoms with Gasteiger partial charge in [-0.05, 0) is 42.0 Å². The highest BCUT2D eigenvalue weighted by molar-refractivity contribution is 7.16. The van der Waals surface area contributed by atoms with Crippen molar-refractivity contribution in [3.05, 3.63) is 58.7 Å². The Labute approximate surface area is 168 Å². The molecule has 2 aromatic carbocycles. The fourth-order valence-electron chi connectivity index (χ4n) is 2.79. The van der Waals surface area contributed by atoms with Gasteiger partial charge in [0.05, 0.1) is 17.3 Å². The molecule has 0 bridgehead atoms. The minimum absolute atomic E-state index is 0.139. The van der Waals surface area contributed by atoms with E-state index >= 15 is 0 Å². The Kier molecular flexibility index (Phi) is 5.13. The van der Waals surface area contributed by atoms with Gasteiger partial charge in [-0.3, -0.25) is 9.59 Å². The van der Waals surface area contributed by atoms with Gasteiger partial charge in [0.2, 0.25) is 6.79 Å². The van der Waals surface area contributed by atoms with E-state index in [0.717, 1.165) is 16.9 Å². The molecular formula is C20H15FN2O5S. The first-order valence-electron chi connectivity index (χ1n) is 8.55. The molecule has 7 nitrogen and oxygen atoms in total. The third-order valence-corrected chi connectivity index (χ3v) is 5.22. The lowest BCUT2D eigenvalue weighted by Crippen LogP contribution is -2.22. The number of ether oxygens (including phenoxy) is 3. The molecule has 0 saturated heterocycles. The van der Waals surface area contributed by atoms with Gasteiger partial charge in [-0.1, -0.05) is 17.4 Å². The van der Waals surface area contributed by atoms with Gasteiger partial charge in [0, 0.05) is 6.08 Å². The van der Waals surface area contributed by atoms with Crippen LogP contribution < -0.4 is 14.3 Å². The Bertz CT molecular complexity index is 1210. The van der Waals surface area contributed by atoms with Gasteiger partial charge in [0.1, 0.15) is 12.4 Å². The average Bonchev–Trinajstić information content (AvgIpc) is 3.30. The normalized spacial score (nSPS) is 13.4. The van der Waals surface area contributed by atoms with Gasteiger partial charge in [0.15, 0.2) is 16.3 Å². The number of hydrogen-bond donors (Lipinski definition) is 0. The number of aromatic nitrogens is 1. The number of rotatable bonds is 4. The molecule has 0 N–H and O–H groups in total. The summed E-state index contributed by atoms with van der Waals surface area (Å²) in [4.78, 5) is 28.5. The summed E-state index contributed by atoms with van der Waals surface area (Å²) in [7, 11) is 1.27. The molecule has 0 unspecified atom stereocenters. The molecule has 0 radical (unpaired) electrons. The second-order valence-corrected chi connectivity index (χ2v) is 7.06.